The van der Waals surface area contributed by atoms with Crippen LogP contribution in [0.1, 0.15) is 18.1 Å². The third kappa shape index (κ3) is 2.84. The number of hydrogen-bond acceptors (Lipinski definition) is 1. The van der Waals surface area contributed by atoms with E-state index < -0.39 is 0 Å². The van der Waals surface area contributed by atoms with Crippen LogP contribution >= 0.6 is 11.6 Å². The predicted octanol–water partition coefficient (Wildman–Crippen LogP) is 2.32. The van der Waals surface area contributed by atoms with Crippen molar-refractivity contribution < 1.29 is 0 Å². The Morgan fingerprint density at radius 2 is 1.75 bits per heavy atom. The maximum absolute atomic E-state index is 5.86. The molecule has 1 aromatic rings. The van der Waals surface area contributed by atoms with Crippen LogP contribution in [0.15, 0.2) is 24.3 Å². The quantitative estimate of drug-likeness (QED) is 0.716. The summed E-state index contributed by atoms with van der Waals surface area (Å²) in [5.74, 6) is 0. The molecule has 0 aromatic heterocycles. The minimum absolute atomic E-state index is 0.203. The summed E-state index contributed by atoms with van der Waals surface area (Å²) < 4.78 is 0. The Balaban J connectivity index is 2.65. The maximum Gasteiger partial charge on any atom is 0.0348 e. The second-order valence-electron chi connectivity index (χ2n) is 3.01. The minimum Gasteiger partial charge on any atom is -0.326 e. The van der Waals surface area contributed by atoms with Crippen LogP contribution in [0.2, 0.25) is 0 Å². The van der Waals surface area contributed by atoms with Crippen molar-refractivity contribution in [1.29, 1.82) is 0 Å². The summed E-state index contributed by atoms with van der Waals surface area (Å²) in [5.41, 5.74) is 7.92. The highest BCUT2D eigenvalue weighted by Gasteiger charge is 1.98. The molecule has 0 amide bonds. The second kappa shape index (κ2) is 4.48. The van der Waals surface area contributed by atoms with Crippen LogP contribution in [0.5, 0.6) is 0 Å². The van der Waals surface area contributed by atoms with Crippen molar-refractivity contribution in [1.82, 2.24) is 0 Å². The van der Waals surface area contributed by atoms with Crippen molar-refractivity contribution in [2.75, 3.05) is 0 Å². The van der Waals surface area contributed by atoms with Crippen LogP contribution in [0.4, 0.5) is 0 Å². The standard InChI is InChI=1S/C10H14ClN/c1-8(11)6-9-2-4-10(7-12)5-3-9/h2-5,8H,6-7,12H2,1H3. The van der Waals surface area contributed by atoms with Gasteiger partial charge in [-0.05, 0) is 24.5 Å². The zero-order chi connectivity index (χ0) is 8.97. The Morgan fingerprint density at radius 3 is 2.17 bits per heavy atom. The van der Waals surface area contributed by atoms with E-state index in [1.807, 2.05) is 6.92 Å². The van der Waals surface area contributed by atoms with Crippen LogP contribution in [0.3, 0.4) is 0 Å². The van der Waals surface area contributed by atoms with Crippen molar-refractivity contribution >= 4 is 11.6 Å². The lowest BCUT2D eigenvalue weighted by atomic mass is 10.1. The van der Waals surface area contributed by atoms with Gasteiger partial charge in [-0.25, -0.2) is 0 Å². The number of benzene rings is 1. The Bertz CT molecular complexity index is 228. The van der Waals surface area contributed by atoms with E-state index in [9.17, 15) is 0 Å². The van der Waals surface area contributed by atoms with Gasteiger partial charge in [-0.3, -0.25) is 0 Å². The largest absolute Gasteiger partial charge is 0.326 e. The Hall–Kier alpha value is -0.530. The molecule has 1 nitrogen and oxygen atoms in total. The number of halogens is 1. The lowest BCUT2D eigenvalue weighted by molar-refractivity contribution is 0.928. The molecule has 0 spiro atoms. The summed E-state index contributed by atoms with van der Waals surface area (Å²) in [5, 5.41) is 0.203. The maximum atomic E-state index is 5.86. The zero-order valence-electron chi connectivity index (χ0n) is 7.26. The predicted molar refractivity (Wildman–Crippen MR) is 53.4 cm³/mol. The molecule has 0 bridgehead atoms. The van der Waals surface area contributed by atoms with Gasteiger partial charge in [0.2, 0.25) is 0 Å². The van der Waals surface area contributed by atoms with Gasteiger partial charge in [0.05, 0.1) is 0 Å². The first-order chi connectivity index (χ1) is 5.72. The molecule has 1 rings (SSSR count). The average molecular weight is 184 g/mol. The van der Waals surface area contributed by atoms with Gasteiger partial charge in [-0.15, -0.1) is 11.6 Å². The Morgan fingerprint density at radius 1 is 1.25 bits per heavy atom. The van der Waals surface area contributed by atoms with Gasteiger partial charge in [0.1, 0.15) is 0 Å². The molecule has 1 unspecified atom stereocenters. The van der Waals surface area contributed by atoms with Gasteiger partial charge in [-0.2, -0.15) is 0 Å². The summed E-state index contributed by atoms with van der Waals surface area (Å²) in [7, 11) is 0. The van der Waals surface area contributed by atoms with E-state index in [0.717, 1.165) is 6.42 Å². The molecular formula is C10H14ClN. The summed E-state index contributed by atoms with van der Waals surface area (Å²) >= 11 is 5.86. The van der Waals surface area contributed by atoms with Gasteiger partial charge in [0, 0.05) is 11.9 Å². The van der Waals surface area contributed by atoms with Crippen molar-refractivity contribution in [3.63, 3.8) is 0 Å². The van der Waals surface area contributed by atoms with E-state index in [4.69, 9.17) is 17.3 Å². The normalized spacial score (nSPS) is 12.9. The molecule has 0 aliphatic heterocycles. The number of hydrogen-bond donors (Lipinski definition) is 1. The molecule has 2 N–H and O–H groups in total. The first-order valence-electron chi connectivity index (χ1n) is 4.14. The van der Waals surface area contributed by atoms with Gasteiger partial charge in [-0.1, -0.05) is 24.3 Å². The molecule has 66 valence electrons. The van der Waals surface area contributed by atoms with E-state index in [2.05, 4.69) is 24.3 Å². The lowest BCUT2D eigenvalue weighted by Gasteiger charge is -2.03. The van der Waals surface area contributed by atoms with E-state index in [0.29, 0.717) is 6.54 Å². The summed E-state index contributed by atoms with van der Waals surface area (Å²) in [6.45, 7) is 2.61. The van der Waals surface area contributed by atoms with Crippen molar-refractivity contribution in [2.24, 2.45) is 5.73 Å². The molecular weight excluding hydrogens is 170 g/mol. The molecule has 0 aliphatic rings. The summed E-state index contributed by atoms with van der Waals surface area (Å²) in [4.78, 5) is 0. The highest BCUT2D eigenvalue weighted by molar-refractivity contribution is 6.20. The average Bonchev–Trinajstić information content (AvgIpc) is 2.05. The fourth-order valence-electron chi connectivity index (χ4n) is 1.14. The number of alkyl halides is 1. The molecule has 2 heteroatoms. The van der Waals surface area contributed by atoms with Crippen LogP contribution in [-0.4, -0.2) is 5.38 Å². The second-order valence-corrected chi connectivity index (χ2v) is 3.75. The highest BCUT2D eigenvalue weighted by Crippen LogP contribution is 2.09. The molecule has 1 aromatic carbocycles. The van der Waals surface area contributed by atoms with Crippen LogP contribution < -0.4 is 5.73 Å². The van der Waals surface area contributed by atoms with Crippen LogP contribution in [-0.2, 0) is 13.0 Å². The van der Waals surface area contributed by atoms with Crippen molar-refractivity contribution in [3.8, 4) is 0 Å². The Labute approximate surface area is 78.5 Å². The number of rotatable bonds is 3. The van der Waals surface area contributed by atoms with Crippen molar-refractivity contribution in [3.05, 3.63) is 35.4 Å². The smallest absolute Gasteiger partial charge is 0.0348 e. The van der Waals surface area contributed by atoms with Gasteiger partial charge < -0.3 is 5.73 Å². The van der Waals surface area contributed by atoms with Crippen molar-refractivity contribution in [2.45, 2.75) is 25.3 Å². The third-order valence-corrected chi connectivity index (χ3v) is 1.93. The van der Waals surface area contributed by atoms with Gasteiger partial charge >= 0.3 is 0 Å². The molecule has 0 saturated carbocycles. The summed E-state index contributed by atoms with van der Waals surface area (Å²) in [6, 6.07) is 8.27. The van der Waals surface area contributed by atoms with Crippen LogP contribution in [0, 0.1) is 0 Å². The molecule has 1 atom stereocenters. The van der Waals surface area contributed by atoms with Gasteiger partial charge in [0.25, 0.3) is 0 Å². The van der Waals surface area contributed by atoms with Crippen LogP contribution in [0.25, 0.3) is 0 Å². The van der Waals surface area contributed by atoms with E-state index in [1.165, 1.54) is 11.1 Å². The highest BCUT2D eigenvalue weighted by atomic mass is 35.5. The molecule has 0 aliphatic carbocycles. The van der Waals surface area contributed by atoms with E-state index in [1.54, 1.807) is 0 Å². The molecule has 0 heterocycles. The van der Waals surface area contributed by atoms with E-state index >= 15 is 0 Å². The molecule has 0 fully saturated rings. The fraction of sp³-hybridized carbons (Fsp3) is 0.400. The SMILES string of the molecule is CC(Cl)Cc1ccc(CN)cc1. The zero-order valence-corrected chi connectivity index (χ0v) is 8.01. The summed E-state index contributed by atoms with van der Waals surface area (Å²) in [6.07, 6.45) is 0.923. The van der Waals surface area contributed by atoms with Gasteiger partial charge in [0.15, 0.2) is 0 Å². The molecule has 0 radical (unpaired) electrons. The first-order valence-corrected chi connectivity index (χ1v) is 4.58. The molecule has 12 heavy (non-hydrogen) atoms. The topological polar surface area (TPSA) is 26.0 Å². The van der Waals surface area contributed by atoms with E-state index in [-0.39, 0.29) is 5.38 Å². The minimum atomic E-state index is 0.203. The molecule has 0 saturated heterocycles. The third-order valence-electron chi connectivity index (χ3n) is 1.78. The fourth-order valence-corrected chi connectivity index (χ4v) is 1.31. The Kier molecular flexibility index (Phi) is 3.57. The number of nitrogens with two attached hydrogens (primary N) is 1. The first kappa shape index (κ1) is 9.56. The monoisotopic (exact) mass is 183 g/mol. The lowest BCUT2D eigenvalue weighted by Crippen LogP contribution is -1.99.